The molecule has 1 unspecified atom stereocenters. The van der Waals surface area contributed by atoms with Crippen LogP contribution < -0.4 is 5.32 Å². The zero-order valence-electron chi connectivity index (χ0n) is 11.3. The number of benzene rings is 1. The number of fused-ring (bicyclic) bond motifs is 1. The zero-order chi connectivity index (χ0) is 13.4. The maximum atomic E-state index is 4.10. The quantitative estimate of drug-likeness (QED) is 0.740. The van der Waals surface area contributed by atoms with E-state index in [2.05, 4.69) is 48.4 Å². The van der Waals surface area contributed by atoms with Gasteiger partial charge in [-0.25, -0.2) is 0 Å². The van der Waals surface area contributed by atoms with Crippen molar-refractivity contribution in [1.29, 1.82) is 0 Å². The molecule has 19 heavy (non-hydrogen) atoms. The summed E-state index contributed by atoms with van der Waals surface area (Å²) >= 11 is 1.85. The van der Waals surface area contributed by atoms with E-state index in [1.54, 1.807) is 0 Å². The van der Waals surface area contributed by atoms with Crippen LogP contribution in [0.5, 0.6) is 0 Å². The molecule has 98 valence electrons. The van der Waals surface area contributed by atoms with Crippen molar-refractivity contribution < 1.29 is 0 Å². The molecule has 2 N–H and O–H groups in total. The van der Waals surface area contributed by atoms with Crippen LogP contribution in [0.1, 0.15) is 28.3 Å². The van der Waals surface area contributed by atoms with Crippen molar-refractivity contribution in [2.45, 2.75) is 26.8 Å². The third-order valence-corrected chi connectivity index (χ3v) is 4.38. The molecule has 2 aromatic heterocycles. The van der Waals surface area contributed by atoms with Gasteiger partial charge in [-0.05, 0) is 44.5 Å². The van der Waals surface area contributed by atoms with E-state index in [-0.39, 0.29) is 0 Å². The number of nitrogens with one attached hydrogen (secondary N) is 2. The van der Waals surface area contributed by atoms with Crippen LogP contribution in [0, 0.1) is 13.8 Å². The van der Waals surface area contributed by atoms with Gasteiger partial charge in [-0.15, -0.1) is 11.3 Å². The molecular formula is C15H17N3S. The number of H-pyrrole nitrogens is 1. The monoisotopic (exact) mass is 271 g/mol. The third-order valence-electron chi connectivity index (χ3n) is 3.40. The number of thiophene rings is 1. The van der Waals surface area contributed by atoms with E-state index >= 15 is 0 Å². The first-order valence-electron chi connectivity index (χ1n) is 6.40. The molecule has 3 rings (SSSR count). The van der Waals surface area contributed by atoms with Crippen molar-refractivity contribution >= 4 is 27.9 Å². The molecule has 0 amide bonds. The molecule has 0 saturated heterocycles. The fraction of sp³-hybridized carbons (Fsp3) is 0.267. The lowest BCUT2D eigenvalue weighted by atomic mass is 10.1. The van der Waals surface area contributed by atoms with E-state index in [1.807, 2.05) is 29.7 Å². The highest BCUT2D eigenvalue weighted by Gasteiger charge is 2.12. The van der Waals surface area contributed by atoms with Crippen LogP contribution in [0.25, 0.3) is 10.9 Å². The summed E-state index contributed by atoms with van der Waals surface area (Å²) in [6.45, 7) is 6.54. The Morgan fingerprint density at radius 2 is 2.16 bits per heavy atom. The molecule has 0 aliphatic heterocycles. The standard InChI is InChI=1S/C15H17N3S/c1-9-7-12(11(3)19-9)10(2)17-14-5-4-6-15-13(14)8-16-18-15/h4-8,10,17H,1-3H3,(H,16,18). The highest BCUT2D eigenvalue weighted by Crippen LogP contribution is 2.30. The largest absolute Gasteiger partial charge is 0.378 e. The van der Waals surface area contributed by atoms with Crippen molar-refractivity contribution in [3.63, 3.8) is 0 Å². The summed E-state index contributed by atoms with van der Waals surface area (Å²) in [6, 6.07) is 8.75. The van der Waals surface area contributed by atoms with Crippen molar-refractivity contribution in [3.05, 3.63) is 45.8 Å². The van der Waals surface area contributed by atoms with Crippen LogP contribution in [0.2, 0.25) is 0 Å². The topological polar surface area (TPSA) is 40.7 Å². The predicted octanol–water partition coefficient (Wildman–Crippen LogP) is 4.41. The van der Waals surface area contributed by atoms with Crippen molar-refractivity contribution in [1.82, 2.24) is 10.2 Å². The van der Waals surface area contributed by atoms with Crippen LogP contribution in [0.3, 0.4) is 0 Å². The number of hydrogen-bond donors (Lipinski definition) is 2. The van der Waals surface area contributed by atoms with Gasteiger partial charge in [-0.1, -0.05) is 6.07 Å². The van der Waals surface area contributed by atoms with E-state index in [1.165, 1.54) is 15.3 Å². The minimum Gasteiger partial charge on any atom is -0.378 e. The Morgan fingerprint density at radius 1 is 1.32 bits per heavy atom. The molecule has 0 saturated carbocycles. The molecule has 0 fully saturated rings. The van der Waals surface area contributed by atoms with Crippen molar-refractivity contribution in [2.75, 3.05) is 5.32 Å². The van der Waals surface area contributed by atoms with Crippen molar-refractivity contribution in [3.8, 4) is 0 Å². The Hall–Kier alpha value is -1.81. The van der Waals surface area contributed by atoms with E-state index in [9.17, 15) is 0 Å². The van der Waals surface area contributed by atoms with Gasteiger partial charge in [0.05, 0.1) is 11.7 Å². The molecule has 1 aromatic carbocycles. The lowest BCUT2D eigenvalue weighted by Crippen LogP contribution is -2.06. The smallest absolute Gasteiger partial charge is 0.0671 e. The van der Waals surface area contributed by atoms with Gasteiger partial charge < -0.3 is 5.32 Å². The van der Waals surface area contributed by atoms with Crippen LogP contribution >= 0.6 is 11.3 Å². The third kappa shape index (κ3) is 2.24. The first-order valence-corrected chi connectivity index (χ1v) is 7.22. The van der Waals surface area contributed by atoms with Crippen LogP contribution in [-0.4, -0.2) is 10.2 Å². The van der Waals surface area contributed by atoms with Crippen LogP contribution in [-0.2, 0) is 0 Å². The highest BCUT2D eigenvalue weighted by molar-refractivity contribution is 7.12. The van der Waals surface area contributed by atoms with Gasteiger partial charge >= 0.3 is 0 Å². The number of aromatic nitrogens is 2. The number of hydrogen-bond acceptors (Lipinski definition) is 3. The van der Waals surface area contributed by atoms with Gasteiger partial charge in [0.1, 0.15) is 0 Å². The van der Waals surface area contributed by atoms with Crippen molar-refractivity contribution in [2.24, 2.45) is 0 Å². The number of rotatable bonds is 3. The van der Waals surface area contributed by atoms with Crippen LogP contribution in [0.4, 0.5) is 5.69 Å². The molecule has 4 heteroatoms. The maximum Gasteiger partial charge on any atom is 0.0671 e. The Morgan fingerprint density at radius 3 is 2.89 bits per heavy atom. The van der Waals surface area contributed by atoms with E-state index in [4.69, 9.17) is 0 Å². The van der Waals surface area contributed by atoms with E-state index < -0.39 is 0 Å². The summed E-state index contributed by atoms with van der Waals surface area (Å²) < 4.78 is 0. The number of aryl methyl sites for hydroxylation is 2. The molecule has 1 atom stereocenters. The maximum absolute atomic E-state index is 4.10. The second-order valence-corrected chi connectivity index (χ2v) is 6.33. The predicted molar refractivity (Wildman–Crippen MR) is 81.9 cm³/mol. The molecule has 3 aromatic rings. The molecule has 3 nitrogen and oxygen atoms in total. The summed E-state index contributed by atoms with van der Waals surface area (Å²) in [5, 5.41) is 11.8. The second kappa shape index (κ2) is 4.70. The number of anilines is 1. The zero-order valence-corrected chi connectivity index (χ0v) is 12.1. The van der Waals surface area contributed by atoms with Gasteiger partial charge in [-0.3, -0.25) is 5.10 Å². The Labute approximate surface area is 116 Å². The van der Waals surface area contributed by atoms with Gasteiger partial charge in [0, 0.05) is 26.9 Å². The second-order valence-electron chi connectivity index (χ2n) is 4.87. The lowest BCUT2D eigenvalue weighted by Gasteiger charge is -2.16. The van der Waals surface area contributed by atoms with Gasteiger partial charge in [0.15, 0.2) is 0 Å². The van der Waals surface area contributed by atoms with E-state index in [0.717, 1.165) is 16.6 Å². The normalized spacial score (nSPS) is 12.8. The molecular weight excluding hydrogens is 254 g/mol. The summed E-state index contributed by atoms with van der Waals surface area (Å²) in [5.41, 5.74) is 3.57. The fourth-order valence-electron chi connectivity index (χ4n) is 2.49. The van der Waals surface area contributed by atoms with Crippen LogP contribution in [0.15, 0.2) is 30.5 Å². The first kappa shape index (κ1) is 12.2. The first-order chi connectivity index (χ1) is 9.15. The summed E-state index contributed by atoms with van der Waals surface area (Å²) in [6.07, 6.45) is 1.87. The molecule has 0 aliphatic carbocycles. The number of aromatic amines is 1. The molecule has 0 aliphatic rings. The average molecular weight is 271 g/mol. The van der Waals surface area contributed by atoms with E-state index in [0.29, 0.717) is 6.04 Å². The van der Waals surface area contributed by atoms with Gasteiger partial charge in [0.25, 0.3) is 0 Å². The minimum atomic E-state index is 0.297. The average Bonchev–Trinajstić information content (AvgIpc) is 2.96. The Balaban J connectivity index is 1.92. The summed E-state index contributed by atoms with van der Waals surface area (Å²) in [4.78, 5) is 2.75. The minimum absolute atomic E-state index is 0.297. The number of nitrogens with zero attached hydrogens (tertiary/aromatic N) is 1. The Kier molecular flexibility index (Phi) is 3.03. The highest BCUT2D eigenvalue weighted by atomic mass is 32.1. The summed E-state index contributed by atoms with van der Waals surface area (Å²) in [5.74, 6) is 0. The fourth-order valence-corrected chi connectivity index (χ4v) is 3.51. The molecule has 0 spiro atoms. The Bertz CT molecular complexity index is 711. The summed E-state index contributed by atoms with van der Waals surface area (Å²) in [7, 11) is 0. The molecule has 0 bridgehead atoms. The van der Waals surface area contributed by atoms with Gasteiger partial charge in [-0.2, -0.15) is 5.10 Å². The van der Waals surface area contributed by atoms with Gasteiger partial charge in [0.2, 0.25) is 0 Å². The SMILES string of the molecule is Cc1cc(C(C)Nc2cccc3[nH]ncc23)c(C)s1. The lowest BCUT2D eigenvalue weighted by molar-refractivity contribution is 0.884. The molecule has 2 heterocycles. The molecule has 0 radical (unpaired) electrons.